The molecule has 1 aliphatic heterocycles. The van der Waals surface area contributed by atoms with Gasteiger partial charge in [-0.15, -0.1) is 0 Å². The van der Waals surface area contributed by atoms with Gasteiger partial charge in [-0.3, -0.25) is 4.79 Å². The summed E-state index contributed by atoms with van der Waals surface area (Å²) in [5, 5.41) is 9.54. The molecular formula is C25H31ClFN3O5. The van der Waals surface area contributed by atoms with Crippen molar-refractivity contribution in [2.75, 3.05) is 25.0 Å². The van der Waals surface area contributed by atoms with E-state index in [0.29, 0.717) is 18.6 Å². The first-order valence-corrected chi connectivity index (χ1v) is 12.2. The number of fused-ring (bicyclic) bond motifs is 1. The molecule has 2 atom stereocenters. The van der Waals surface area contributed by atoms with Crippen molar-refractivity contribution in [3.05, 3.63) is 38.9 Å². The highest BCUT2D eigenvalue weighted by Gasteiger charge is 2.36. The van der Waals surface area contributed by atoms with E-state index in [4.69, 9.17) is 16.3 Å². The lowest BCUT2D eigenvalue weighted by Gasteiger charge is -2.32. The van der Waals surface area contributed by atoms with Crippen LogP contribution < -0.4 is 10.3 Å². The van der Waals surface area contributed by atoms with Gasteiger partial charge in [0.2, 0.25) is 5.43 Å². The van der Waals surface area contributed by atoms with Gasteiger partial charge >= 0.3 is 12.1 Å². The third-order valence-corrected chi connectivity index (χ3v) is 7.23. The number of benzene rings is 1. The number of amides is 1. The summed E-state index contributed by atoms with van der Waals surface area (Å²) in [5.41, 5.74) is -1.18. The maximum atomic E-state index is 15.4. The molecule has 1 saturated heterocycles. The first kappa shape index (κ1) is 25.3. The van der Waals surface area contributed by atoms with Gasteiger partial charge in [-0.2, -0.15) is 0 Å². The zero-order valence-corrected chi connectivity index (χ0v) is 21.4. The first-order chi connectivity index (χ1) is 16.3. The number of rotatable bonds is 5. The Morgan fingerprint density at radius 2 is 1.94 bits per heavy atom. The number of carboxylic acid groups (broad SMARTS) is 1. The molecule has 2 fully saturated rings. The molecule has 1 amide bonds. The average molecular weight is 508 g/mol. The van der Waals surface area contributed by atoms with Gasteiger partial charge in [0.1, 0.15) is 17.0 Å². The van der Waals surface area contributed by atoms with Gasteiger partial charge in [-0.05, 0) is 58.9 Å². The number of nitrogens with zero attached hydrogens (tertiary/aromatic N) is 3. The Labute approximate surface area is 208 Å². The molecule has 0 spiro atoms. The topological polar surface area (TPSA) is 92.1 Å². The number of pyridine rings is 1. The van der Waals surface area contributed by atoms with E-state index in [9.17, 15) is 19.5 Å². The molecule has 35 heavy (non-hydrogen) atoms. The normalized spacial score (nSPS) is 19.2. The van der Waals surface area contributed by atoms with Crippen molar-refractivity contribution >= 4 is 40.3 Å². The van der Waals surface area contributed by atoms with Crippen LogP contribution in [0.1, 0.15) is 63.4 Å². The molecule has 2 aromatic rings. The standard InChI is InChI=1S/C25H31ClFN3O5/c1-13(28(5)24(34)35-25(2,3)4)14-8-9-29(11-14)21-18(27)10-16-20(19(21)26)30(15-6-7-15)12-17(22(16)31)23(32)33/h10,12-15H,6-9,11H2,1-5H3,(H,32,33)/t13-,14-/m1/s1. The molecule has 1 aromatic carbocycles. The van der Waals surface area contributed by atoms with Crippen molar-refractivity contribution in [3.8, 4) is 0 Å². The third kappa shape index (κ3) is 4.83. The minimum atomic E-state index is -1.35. The molecule has 10 heteroatoms. The number of anilines is 1. The SMILES string of the molecule is C[C@H]([C@@H]1CCN(c2c(F)cc3c(=O)c(C(=O)O)cn(C4CC4)c3c2Cl)C1)N(C)C(=O)OC(C)(C)C. The second-order valence-corrected chi connectivity index (χ2v) is 10.9. The number of carboxylic acids is 1. The Bertz CT molecular complexity index is 1250. The highest BCUT2D eigenvalue weighted by molar-refractivity contribution is 6.38. The lowest BCUT2D eigenvalue weighted by molar-refractivity contribution is 0.0192. The number of carbonyl (C=O) groups is 2. The van der Waals surface area contributed by atoms with Crippen LogP contribution in [0.3, 0.4) is 0 Å². The molecule has 8 nitrogen and oxygen atoms in total. The minimum absolute atomic E-state index is 0.0286. The van der Waals surface area contributed by atoms with Crippen LogP contribution >= 0.6 is 11.6 Å². The molecule has 2 aliphatic rings. The summed E-state index contributed by atoms with van der Waals surface area (Å²) in [6.45, 7) is 8.37. The number of aromatic nitrogens is 1. The van der Waals surface area contributed by atoms with Crippen LogP contribution in [0, 0.1) is 11.7 Å². The maximum absolute atomic E-state index is 15.4. The third-order valence-electron chi connectivity index (χ3n) is 6.87. The molecule has 1 aliphatic carbocycles. The van der Waals surface area contributed by atoms with E-state index in [1.165, 1.54) is 6.20 Å². The minimum Gasteiger partial charge on any atom is -0.477 e. The molecule has 1 aromatic heterocycles. The Kier molecular flexibility index (Phi) is 6.51. The largest absolute Gasteiger partial charge is 0.477 e. The lowest BCUT2D eigenvalue weighted by atomic mass is 10.00. The summed E-state index contributed by atoms with van der Waals surface area (Å²) in [6.07, 6.45) is 3.29. The molecule has 1 N–H and O–H groups in total. The van der Waals surface area contributed by atoms with Gasteiger partial charge in [0.05, 0.1) is 21.6 Å². The second-order valence-electron chi connectivity index (χ2n) is 10.6. The number of ether oxygens (including phenoxy) is 1. The fraction of sp³-hybridized carbons (Fsp3) is 0.560. The highest BCUT2D eigenvalue weighted by Crippen LogP contribution is 2.43. The summed E-state index contributed by atoms with van der Waals surface area (Å²) in [7, 11) is 1.69. The van der Waals surface area contributed by atoms with Gasteiger partial charge in [-0.25, -0.2) is 14.0 Å². The van der Waals surface area contributed by atoms with E-state index < -0.39 is 34.5 Å². The molecule has 2 heterocycles. The summed E-state index contributed by atoms with van der Waals surface area (Å²) in [5.74, 6) is -1.96. The van der Waals surface area contributed by atoms with Gasteiger partial charge in [0.25, 0.3) is 0 Å². The quantitative estimate of drug-likeness (QED) is 0.618. The molecule has 1 saturated carbocycles. The van der Waals surface area contributed by atoms with Gasteiger partial charge in [0.15, 0.2) is 0 Å². The number of halogens is 2. The average Bonchev–Trinajstić information content (AvgIpc) is 3.49. The van der Waals surface area contributed by atoms with Crippen molar-refractivity contribution in [1.82, 2.24) is 9.47 Å². The number of hydrogen-bond acceptors (Lipinski definition) is 5. The summed E-state index contributed by atoms with van der Waals surface area (Å²) in [4.78, 5) is 40.3. The zero-order chi connectivity index (χ0) is 25.8. The van der Waals surface area contributed by atoms with Gasteiger partial charge < -0.3 is 24.2 Å². The fourth-order valence-corrected chi connectivity index (χ4v) is 5.12. The maximum Gasteiger partial charge on any atom is 0.410 e. The van der Waals surface area contributed by atoms with Crippen LogP contribution in [0.25, 0.3) is 10.9 Å². The van der Waals surface area contributed by atoms with Crippen molar-refractivity contribution in [2.24, 2.45) is 5.92 Å². The van der Waals surface area contributed by atoms with E-state index in [1.54, 1.807) is 16.5 Å². The molecule has 0 bridgehead atoms. The molecule has 4 rings (SSSR count). The Morgan fingerprint density at radius 3 is 2.51 bits per heavy atom. The van der Waals surface area contributed by atoms with Crippen molar-refractivity contribution < 1.29 is 23.8 Å². The number of hydrogen-bond donors (Lipinski definition) is 1. The van der Waals surface area contributed by atoms with E-state index >= 15 is 4.39 Å². The van der Waals surface area contributed by atoms with Crippen LogP contribution in [0.2, 0.25) is 5.02 Å². The fourth-order valence-electron chi connectivity index (χ4n) is 4.72. The molecular weight excluding hydrogens is 477 g/mol. The Hall–Kier alpha value is -2.81. The summed E-state index contributed by atoms with van der Waals surface area (Å²) < 4.78 is 22.6. The van der Waals surface area contributed by atoms with Crippen LogP contribution in [0.4, 0.5) is 14.9 Å². The molecule has 190 valence electrons. The zero-order valence-electron chi connectivity index (χ0n) is 20.6. The van der Waals surface area contributed by atoms with Crippen LogP contribution in [0.5, 0.6) is 0 Å². The van der Waals surface area contributed by atoms with E-state index in [1.807, 2.05) is 32.6 Å². The Balaban J connectivity index is 1.67. The number of carbonyl (C=O) groups excluding carboxylic acids is 1. The van der Waals surface area contributed by atoms with Crippen LogP contribution in [-0.2, 0) is 4.74 Å². The second kappa shape index (κ2) is 9.00. The van der Waals surface area contributed by atoms with Crippen molar-refractivity contribution in [2.45, 2.75) is 64.6 Å². The van der Waals surface area contributed by atoms with Gasteiger partial charge in [0, 0.05) is 38.4 Å². The lowest BCUT2D eigenvalue weighted by Crippen LogP contribution is -2.43. The van der Waals surface area contributed by atoms with Crippen molar-refractivity contribution in [3.63, 3.8) is 0 Å². The highest BCUT2D eigenvalue weighted by atomic mass is 35.5. The predicted octanol–water partition coefficient (Wildman–Crippen LogP) is 4.91. The summed E-state index contributed by atoms with van der Waals surface area (Å²) >= 11 is 6.75. The van der Waals surface area contributed by atoms with Crippen LogP contribution in [0.15, 0.2) is 17.1 Å². The predicted molar refractivity (Wildman–Crippen MR) is 132 cm³/mol. The Morgan fingerprint density at radius 1 is 1.29 bits per heavy atom. The summed E-state index contributed by atoms with van der Waals surface area (Å²) in [6, 6.07) is 0.981. The van der Waals surface area contributed by atoms with Crippen molar-refractivity contribution in [1.29, 1.82) is 0 Å². The van der Waals surface area contributed by atoms with E-state index in [2.05, 4.69) is 0 Å². The molecule has 0 radical (unpaired) electrons. The van der Waals surface area contributed by atoms with Crippen LogP contribution in [-0.4, -0.2) is 58.4 Å². The van der Waals surface area contributed by atoms with E-state index in [0.717, 1.165) is 25.3 Å². The van der Waals surface area contributed by atoms with E-state index in [-0.39, 0.29) is 34.1 Å². The molecule has 0 unspecified atom stereocenters. The monoisotopic (exact) mass is 507 g/mol. The van der Waals surface area contributed by atoms with Gasteiger partial charge in [-0.1, -0.05) is 11.6 Å². The first-order valence-electron chi connectivity index (χ1n) is 11.8. The number of aromatic carboxylic acids is 1. The smallest absolute Gasteiger partial charge is 0.410 e.